The van der Waals surface area contributed by atoms with E-state index in [2.05, 4.69) is 20.5 Å². The molecule has 0 bridgehead atoms. The molecule has 3 aromatic rings. The van der Waals surface area contributed by atoms with Crippen LogP contribution in [0.1, 0.15) is 0 Å². The van der Waals surface area contributed by atoms with Crippen molar-refractivity contribution in [3.63, 3.8) is 0 Å². The van der Waals surface area contributed by atoms with Gasteiger partial charge in [0.25, 0.3) is 0 Å². The molecular formula is C20H21FN6O3S. The molecule has 1 N–H and O–H groups in total. The quantitative estimate of drug-likeness (QED) is 0.618. The number of hydrogen-bond acceptors (Lipinski definition) is 8. The van der Waals surface area contributed by atoms with Crippen LogP contribution in [0.25, 0.3) is 0 Å². The second-order valence-electron chi connectivity index (χ2n) is 6.80. The number of halogens is 1. The number of pyridine rings is 1. The van der Waals surface area contributed by atoms with Crippen molar-refractivity contribution in [1.29, 1.82) is 0 Å². The molecule has 1 aliphatic rings. The van der Waals surface area contributed by atoms with Gasteiger partial charge in [-0.05, 0) is 42.5 Å². The molecule has 4 rings (SSSR count). The van der Waals surface area contributed by atoms with Crippen LogP contribution in [-0.4, -0.2) is 61.2 Å². The second-order valence-corrected chi connectivity index (χ2v) is 8.71. The third kappa shape index (κ3) is 4.57. The van der Waals surface area contributed by atoms with Gasteiger partial charge in [0.15, 0.2) is 11.6 Å². The lowest BCUT2D eigenvalue weighted by molar-refractivity contribution is 0.372. The third-order valence-corrected chi connectivity index (χ3v) is 6.80. The number of benzene rings is 1. The van der Waals surface area contributed by atoms with E-state index in [-0.39, 0.29) is 23.7 Å². The molecular weight excluding hydrogens is 423 g/mol. The summed E-state index contributed by atoms with van der Waals surface area (Å²) in [4.78, 5) is 5.95. The Hall–Kier alpha value is -3.31. The molecule has 162 valence electrons. The molecule has 0 aliphatic carbocycles. The molecule has 2 aromatic heterocycles. The van der Waals surface area contributed by atoms with Crippen LogP contribution < -0.4 is 15.0 Å². The Morgan fingerprint density at radius 3 is 2.45 bits per heavy atom. The first-order chi connectivity index (χ1) is 15.0. The van der Waals surface area contributed by atoms with E-state index in [1.54, 1.807) is 12.3 Å². The van der Waals surface area contributed by atoms with E-state index in [1.165, 1.54) is 23.5 Å². The Bertz CT molecular complexity index is 1140. The first kappa shape index (κ1) is 20.9. The molecule has 0 atom stereocenters. The average molecular weight is 444 g/mol. The molecule has 0 unspecified atom stereocenters. The van der Waals surface area contributed by atoms with Gasteiger partial charge in [-0.15, -0.1) is 10.2 Å². The van der Waals surface area contributed by atoms with Crippen LogP contribution in [0.5, 0.6) is 5.75 Å². The molecule has 3 heterocycles. The van der Waals surface area contributed by atoms with E-state index in [0.717, 1.165) is 6.07 Å². The van der Waals surface area contributed by atoms with Gasteiger partial charge in [0, 0.05) is 32.4 Å². The van der Waals surface area contributed by atoms with E-state index in [0.29, 0.717) is 30.5 Å². The van der Waals surface area contributed by atoms with Gasteiger partial charge in [-0.2, -0.15) is 4.31 Å². The van der Waals surface area contributed by atoms with Gasteiger partial charge in [-0.25, -0.2) is 17.8 Å². The Kier molecular flexibility index (Phi) is 5.96. The minimum atomic E-state index is -3.89. The molecule has 1 saturated heterocycles. The summed E-state index contributed by atoms with van der Waals surface area (Å²) in [6, 6.07) is 12.6. The Labute approximate surface area is 179 Å². The van der Waals surface area contributed by atoms with Crippen LogP contribution in [0, 0.1) is 5.82 Å². The van der Waals surface area contributed by atoms with Gasteiger partial charge in [-0.3, -0.25) is 0 Å². The van der Waals surface area contributed by atoms with Crippen LogP contribution in [0.15, 0.2) is 59.6 Å². The minimum Gasteiger partial charge on any atom is -0.495 e. The first-order valence-electron chi connectivity index (χ1n) is 9.58. The summed E-state index contributed by atoms with van der Waals surface area (Å²) in [7, 11) is -2.53. The van der Waals surface area contributed by atoms with Crippen molar-refractivity contribution in [3.8, 4) is 5.75 Å². The van der Waals surface area contributed by atoms with Crippen LogP contribution in [0.3, 0.4) is 0 Å². The highest BCUT2D eigenvalue weighted by molar-refractivity contribution is 7.89. The number of rotatable bonds is 6. The summed E-state index contributed by atoms with van der Waals surface area (Å²) in [5.74, 6) is 1.35. The Morgan fingerprint density at radius 1 is 1.00 bits per heavy atom. The number of sulfonamides is 1. The Balaban J connectivity index is 1.42. The van der Waals surface area contributed by atoms with Crippen LogP contribution in [0.2, 0.25) is 0 Å². The fourth-order valence-corrected chi connectivity index (χ4v) is 4.87. The minimum absolute atomic E-state index is 0.116. The van der Waals surface area contributed by atoms with E-state index in [1.807, 2.05) is 29.2 Å². The predicted octanol–water partition coefficient (Wildman–Crippen LogP) is 2.27. The predicted molar refractivity (Wildman–Crippen MR) is 113 cm³/mol. The standard InChI is InChI=1S/C20H21FN6O3S/c1-30-16-6-5-15(21)14-17(16)31(28,29)27-12-10-26(11-13-27)20-8-7-19(24-25-20)23-18-4-2-3-9-22-18/h2-9,14H,10-13H2,1H3,(H,22,23,24). The van der Waals surface area contributed by atoms with Crippen LogP contribution in [-0.2, 0) is 10.0 Å². The average Bonchev–Trinajstić information content (AvgIpc) is 2.80. The number of ether oxygens (including phenoxy) is 1. The summed E-state index contributed by atoms with van der Waals surface area (Å²) in [5, 5.41) is 11.5. The summed E-state index contributed by atoms with van der Waals surface area (Å²) < 4.78 is 46.1. The van der Waals surface area contributed by atoms with Crippen molar-refractivity contribution in [2.75, 3.05) is 43.5 Å². The number of aromatic nitrogens is 3. The summed E-state index contributed by atoms with van der Waals surface area (Å²) in [6.07, 6.45) is 1.68. The molecule has 0 saturated carbocycles. The van der Waals surface area contributed by atoms with Crippen molar-refractivity contribution in [3.05, 3.63) is 60.5 Å². The number of nitrogens with one attached hydrogen (secondary N) is 1. The summed E-state index contributed by atoms with van der Waals surface area (Å²) in [5.41, 5.74) is 0. The second kappa shape index (κ2) is 8.82. The normalized spacial score (nSPS) is 15.0. The number of nitrogens with zero attached hydrogens (tertiary/aromatic N) is 5. The van der Waals surface area contributed by atoms with E-state index in [9.17, 15) is 12.8 Å². The fourth-order valence-electron chi connectivity index (χ4n) is 3.28. The molecule has 11 heteroatoms. The van der Waals surface area contributed by atoms with Gasteiger partial charge in [-0.1, -0.05) is 6.07 Å². The zero-order chi connectivity index (χ0) is 21.8. The highest BCUT2D eigenvalue weighted by Gasteiger charge is 2.31. The van der Waals surface area contributed by atoms with Crippen molar-refractivity contribution in [1.82, 2.24) is 19.5 Å². The maximum absolute atomic E-state index is 13.7. The molecule has 1 aliphatic heterocycles. The smallest absolute Gasteiger partial charge is 0.246 e. The molecule has 9 nitrogen and oxygen atoms in total. The first-order valence-corrected chi connectivity index (χ1v) is 11.0. The summed E-state index contributed by atoms with van der Waals surface area (Å²) >= 11 is 0. The Morgan fingerprint density at radius 2 is 1.81 bits per heavy atom. The molecule has 1 aromatic carbocycles. The highest BCUT2D eigenvalue weighted by Crippen LogP contribution is 2.28. The number of anilines is 3. The molecule has 0 spiro atoms. The van der Waals surface area contributed by atoms with Gasteiger partial charge in [0.05, 0.1) is 7.11 Å². The molecule has 31 heavy (non-hydrogen) atoms. The largest absolute Gasteiger partial charge is 0.495 e. The van der Waals surface area contributed by atoms with Gasteiger partial charge in [0.1, 0.15) is 22.3 Å². The monoisotopic (exact) mass is 444 g/mol. The van der Waals surface area contributed by atoms with Crippen LogP contribution in [0.4, 0.5) is 21.8 Å². The van der Waals surface area contributed by atoms with Gasteiger partial charge < -0.3 is 15.0 Å². The third-order valence-electron chi connectivity index (χ3n) is 4.88. The topological polar surface area (TPSA) is 101 Å². The van der Waals surface area contributed by atoms with Gasteiger partial charge in [0.2, 0.25) is 10.0 Å². The lowest BCUT2D eigenvalue weighted by Crippen LogP contribution is -2.49. The van der Waals surface area contributed by atoms with Gasteiger partial charge >= 0.3 is 0 Å². The van der Waals surface area contributed by atoms with E-state index in [4.69, 9.17) is 4.74 Å². The maximum Gasteiger partial charge on any atom is 0.246 e. The number of piperazine rings is 1. The van der Waals surface area contributed by atoms with Crippen LogP contribution >= 0.6 is 0 Å². The highest BCUT2D eigenvalue weighted by atomic mass is 32.2. The lowest BCUT2D eigenvalue weighted by atomic mass is 10.3. The van der Waals surface area contributed by atoms with E-state index >= 15 is 0 Å². The van der Waals surface area contributed by atoms with E-state index < -0.39 is 15.8 Å². The maximum atomic E-state index is 13.7. The van der Waals surface area contributed by atoms with Crippen molar-refractivity contribution in [2.24, 2.45) is 0 Å². The zero-order valence-electron chi connectivity index (χ0n) is 16.8. The van der Waals surface area contributed by atoms with Crippen molar-refractivity contribution in [2.45, 2.75) is 4.90 Å². The summed E-state index contributed by atoms with van der Waals surface area (Å²) in [6.45, 7) is 1.33. The zero-order valence-corrected chi connectivity index (χ0v) is 17.6. The molecule has 1 fully saturated rings. The SMILES string of the molecule is COc1ccc(F)cc1S(=O)(=O)N1CCN(c2ccc(Nc3ccccn3)nn2)CC1. The van der Waals surface area contributed by atoms with Crippen molar-refractivity contribution >= 4 is 27.5 Å². The molecule has 0 amide bonds. The molecule has 0 radical (unpaired) electrons. The number of methoxy groups -OCH3 is 1. The number of hydrogen-bond donors (Lipinski definition) is 1. The lowest BCUT2D eigenvalue weighted by Gasteiger charge is -2.34. The fraction of sp³-hybridized carbons (Fsp3) is 0.250. The van der Waals surface area contributed by atoms with Crippen molar-refractivity contribution < 1.29 is 17.5 Å².